The van der Waals surface area contributed by atoms with E-state index in [1.165, 1.54) is 12.1 Å². The molecule has 0 atom stereocenters. The standard InChI is InChI=1S/C14H12BrClFNO/c15-12-6-11(17)3-4-14(12)19-8-10-2-1-9(7-18)5-13(10)16/h1-6H,7-8,18H2. The van der Waals surface area contributed by atoms with Crippen LogP contribution >= 0.6 is 27.5 Å². The van der Waals surface area contributed by atoms with E-state index in [-0.39, 0.29) is 5.82 Å². The van der Waals surface area contributed by atoms with Crippen LogP contribution in [0.2, 0.25) is 5.02 Å². The molecule has 100 valence electrons. The zero-order valence-electron chi connectivity index (χ0n) is 10.00. The first-order chi connectivity index (χ1) is 9.10. The molecule has 19 heavy (non-hydrogen) atoms. The van der Waals surface area contributed by atoms with Crippen molar-refractivity contribution in [3.63, 3.8) is 0 Å². The third kappa shape index (κ3) is 3.69. The van der Waals surface area contributed by atoms with Crippen LogP contribution in [0.15, 0.2) is 40.9 Å². The first-order valence-corrected chi connectivity index (χ1v) is 6.82. The van der Waals surface area contributed by atoms with E-state index < -0.39 is 0 Å². The van der Waals surface area contributed by atoms with Crippen molar-refractivity contribution in [2.45, 2.75) is 13.2 Å². The summed E-state index contributed by atoms with van der Waals surface area (Å²) in [4.78, 5) is 0. The van der Waals surface area contributed by atoms with Crippen molar-refractivity contribution in [2.24, 2.45) is 5.73 Å². The number of ether oxygens (including phenoxy) is 1. The van der Waals surface area contributed by atoms with Gasteiger partial charge in [-0.1, -0.05) is 23.7 Å². The molecule has 0 amide bonds. The van der Waals surface area contributed by atoms with E-state index >= 15 is 0 Å². The molecular formula is C14H12BrClFNO. The Morgan fingerprint density at radius 1 is 1.21 bits per heavy atom. The second-order valence-electron chi connectivity index (χ2n) is 3.99. The minimum absolute atomic E-state index is 0.313. The maximum absolute atomic E-state index is 12.9. The van der Waals surface area contributed by atoms with Crippen LogP contribution < -0.4 is 10.5 Å². The van der Waals surface area contributed by atoms with E-state index in [0.29, 0.717) is 28.4 Å². The smallest absolute Gasteiger partial charge is 0.134 e. The maximum atomic E-state index is 12.9. The summed E-state index contributed by atoms with van der Waals surface area (Å²) >= 11 is 9.38. The zero-order valence-corrected chi connectivity index (χ0v) is 12.3. The molecule has 0 fully saturated rings. The molecule has 0 saturated carbocycles. The van der Waals surface area contributed by atoms with E-state index in [1.54, 1.807) is 6.07 Å². The molecule has 0 radical (unpaired) electrons. The van der Waals surface area contributed by atoms with Crippen molar-refractivity contribution in [2.75, 3.05) is 0 Å². The topological polar surface area (TPSA) is 35.2 Å². The van der Waals surface area contributed by atoms with Crippen molar-refractivity contribution < 1.29 is 9.13 Å². The predicted molar refractivity (Wildman–Crippen MR) is 77.8 cm³/mol. The molecule has 0 heterocycles. The third-order valence-electron chi connectivity index (χ3n) is 2.63. The number of benzene rings is 2. The normalized spacial score (nSPS) is 10.5. The highest BCUT2D eigenvalue weighted by Crippen LogP contribution is 2.27. The fourth-order valence-electron chi connectivity index (χ4n) is 1.58. The van der Waals surface area contributed by atoms with Crippen LogP contribution in [0.5, 0.6) is 5.75 Å². The molecule has 0 aromatic heterocycles. The molecule has 0 saturated heterocycles. The molecule has 2 aromatic carbocycles. The Morgan fingerprint density at radius 2 is 2.00 bits per heavy atom. The molecule has 0 aliphatic heterocycles. The van der Waals surface area contributed by atoms with E-state index in [1.807, 2.05) is 18.2 Å². The highest BCUT2D eigenvalue weighted by atomic mass is 79.9. The molecule has 0 spiro atoms. The molecule has 0 aliphatic carbocycles. The SMILES string of the molecule is NCc1ccc(COc2ccc(F)cc2Br)c(Cl)c1. The van der Waals surface area contributed by atoms with Crippen molar-refractivity contribution in [1.82, 2.24) is 0 Å². The lowest BCUT2D eigenvalue weighted by Crippen LogP contribution is -2.00. The molecule has 2 aromatic rings. The summed E-state index contributed by atoms with van der Waals surface area (Å²) in [6.07, 6.45) is 0. The van der Waals surface area contributed by atoms with Gasteiger partial charge in [-0.05, 0) is 45.8 Å². The Balaban J connectivity index is 2.10. The zero-order chi connectivity index (χ0) is 13.8. The summed E-state index contributed by atoms with van der Waals surface area (Å²) in [5.74, 6) is 0.255. The van der Waals surface area contributed by atoms with Crippen LogP contribution in [0.3, 0.4) is 0 Å². The number of hydrogen-bond donors (Lipinski definition) is 1. The van der Waals surface area contributed by atoms with Crippen LogP contribution in [0.25, 0.3) is 0 Å². The Hall–Kier alpha value is -1.10. The van der Waals surface area contributed by atoms with Gasteiger partial charge in [0.25, 0.3) is 0 Å². The van der Waals surface area contributed by atoms with E-state index in [4.69, 9.17) is 22.1 Å². The van der Waals surface area contributed by atoms with Gasteiger partial charge in [0.1, 0.15) is 18.2 Å². The van der Waals surface area contributed by atoms with E-state index in [0.717, 1.165) is 11.1 Å². The second-order valence-corrected chi connectivity index (χ2v) is 5.25. The van der Waals surface area contributed by atoms with Crippen molar-refractivity contribution in [1.29, 1.82) is 0 Å². The molecule has 0 unspecified atom stereocenters. The number of hydrogen-bond acceptors (Lipinski definition) is 2. The quantitative estimate of drug-likeness (QED) is 0.898. The van der Waals surface area contributed by atoms with Gasteiger partial charge in [-0.15, -0.1) is 0 Å². The van der Waals surface area contributed by atoms with Gasteiger partial charge in [-0.25, -0.2) is 4.39 Å². The van der Waals surface area contributed by atoms with Crippen molar-refractivity contribution in [3.8, 4) is 5.75 Å². The maximum Gasteiger partial charge on any atom is 0.134 e. The lowest BCUT2D eigenvalue weighted by Gasteiger charge is -2.10. The second kappa shape index (κ2) is 6.37. The molecule has 0 bridgehead atoms. The largest absolute Gasteiger partial charge is 0.488 e. The van der Waals surface area contributed by atoms with Gasteiger partial charge in [0, 0.05) is 17.1 Å². The van der Waals surface area contributed by atoms with Crippen LogP contribution in [0, 0.1) is 5.82 Å². The highest BCUT2D eigenvalue weighted by Gasteiger charge is 2.06. The minimum atomic E-state index is -0.315. The number of halogens is 3. The summed E-state index contributed by atoms with van der Waals surface area (Å²) in [5.41, 5.74) is 7.36. The molecule has 2 N–H and O–H groups in total. The molecule has 0 aliphatic rings. The van der Waals surface area contributed by atoms with Gasteiger partial charge >= 0.3 is 0 Å². The Morgan fingerprint density at radius 3 is 2.63 bits per heavy atom. The Bertz CT molecular complexity index is 592. The molecule has 2 rings (SSSR count). The lowest BCUT2D eigenvalue weighted by molar-refractivity contribution is 0.304. The van der Waals surface area contributed by atoms with Gasteiger partial charge in [0.15, 0.2) is 0 Å². The first kappa shape index (κ1) is 14.3. The van der Waals surface area contributed by atoms with Crippen LogP contribution in [-0.2, 0) is 13.2 Å². The molecular weight excluding hydrogens is 333 g/mol. The van der Waals surface area contributed by atoms with Gasteiger partial charge in [-0.3, -0.25) is 0 Å². The molecule has 2 nitrogen and oxygen atoms in total. The van der Waals surface area contributed by atoms with E-state index in [9.17, 15) is 4.39 Å². The molecule has 5 heteroatoms. The monoisotopic (exact) mass is 343 g/mol. The van der Waals surface area contributed by atoms with Crippen LogP contribution in [0.4, 0.5) is 4.39 Å². The van der Waals surface area contributed by atoms with Crippen LogP contribution in [-0.4, -0.2) is 0 Å². The highest BCUT2D eigenvalue weighted by molar-refractivity contribution is 9.10. The summed E-state index contributed by atoms with van der Waals surface area (Å²) in [5, 5.41) is 0.612. The average molecular weight is 345 g/mol. The first-order valence-electron chi connectivity index (χ1n) is 5.65. The summed E-state index contributed by atoms with van der Waals surface area (Å²) in [7, 11) is 0. The Kier molecular flexibility index (Phi) is 4.80. The minimum Gasteiger partial charge on any atom is -0.488 e. The summed E-state index contributed by atoms with van der Waals surface area (Å²) in [6, 6.07) is 9.88. The Labute approximate surface area is 124 Å². The number of nitrogens with two attached hydrogens (primary N) is 1. The van der Waals surface area contributed by atoms with Crippen molar-refractivity contribution in [3.05, 3.63) is 62.8 Å². The van der Waals surface area contributed by atoms with E-state index in [2.05, 4.69) is 15.9 Å². The van der Waals surface area contributed by atoms with Crippen molar-refractivity contribution >= 4 is 27.5 Å². The predicted octanol–water partition coefficient (Wildman–Crippen LogP) is 4.28. The van der Waals surface area contributed by atoms with Gasteiger partial charge in [-0.2, -0.15) is 0 Å². The van der Waals surface area contributed by atoms with Gasteiger partial charge < -0.3 is 10.5 Å². The fraction of sp³-hybridized carbons (Fsp3) is 0.143. The summed E-state index contributed by atoms with van der Waals surface area (Å²) < 4.78 is 19.1. The third-order valence-corrected chi connectivity index (χ3v) is 3.60. The number of rotatable bonds is 4. The fourth-order valence-corrected chi connectivity index (χ4v) is 2.31. The van der Waals surface area contributed by atoms with Gasteiger partial charge in [0.05, 0.1) is 4.47 Å². The average Bonchev–Trinajstić information content (AvgIpc) is 2.39. The lowest BCUT2D eigenvalue weighted by atomic mass is 10.1. The summed E-state index contributed by atoms with van der Waals surface area (Å²) in [6.45, 7) is 0.762. The van der Waals surface area contributed by atoms with Crippen LogP contribution in [0.1, 0.15) is 11.1 Å². The van der Waals surface area contributed by atoms with Gasteiger partial charge in [0.2, 0.25) is 0 Å².